The summed E-state index contributed by atoms with van der Waals surface area (Å²) in [5.74, 6) is -0.0856. The van der Waals surface area contributed by atoms with Crippen molar-refractivity contribution in [1.29, 1.82) is 0 Å². The van der Waals surface area contributed by atoms with Gasteiger partial charge in [0, 0.05) is 24.7 Å². The van der Waals surface area contributed by atoms with Crippen molar-refractivity contribution >= 4 is 23.4 Å². The Labute approximate surface area is 198 Å². The van der Waals surface area contributed by atoms with E-state index in [-0.39, 0.29) is 31.6 Å². The fraction of sp³-hybridized carbons (Fsp3) is 0.231. The van der Waals surface area contributed by atoms with Gasteiger partial charge >= 0.3 is 0 Å². The largest absolute Gasteiger partial charge is 0.484 e. The van der Waals surface area contributed by atoms with Crippen LogP contribution in [-0.2, 0) is 16.1 Å². The molecule has 0 saturated heterocycles. The van der Waals surface area contributed by atoms with Crippen LogP contribution in [0.5, 0.6) is 5.75 Å². The van der Waals surface area contributed by atoms with Crippen molar-refractivity contribution in [1.82, 2.24) is 10.2 Å². The normalized spacial score (nSPS) is 11.5. The molecule has 0 fully saturated rings. The average Bonchev–Trinajstić information content (AvgIpc) is 2.85. The Morgan fingerprint density at radius 1 is 0.939 bits per heavy atom. The van der Waals surface area contributed by atoms with Crippen LogP contribution in [0, 0.1) is 0 Å². The second kappa shape index (κ2) is 12.6. The third kappa shape index (κ3) is 7.34. The first kappa shape index (κ1) is 24.3. The highest BCUT2D eigenvalue weighted by atomic mass is 35.5. The van der Waals surface area contributed by atoms with Crippen LogP contribution in [-0.4, -0.2) is 41.6 Å². The van der Waals surface area contributed by atoms with Gasteiger partial charge in [-0.3, -0.25) is 9.59 Å². The van der Waals surface area contributed by atoms with E-state index in [9.17, 15) is 9.59 Å². The zero-order chi connectivity index (χ0) is 23.5. The number of carbonyl (C=O) groups is 2. The number of nitrogens with one attached hydrogen (secondary N) is 1. The van der Waals surface area contributed by atoms with Crippen molar-refractivity contribution in [2.75, 3.05) is 19.8 Å². The molecule has 172 valence electrons. The van der Waals surface area contributed by atoms with Gasteiger partial charge in [-0.15, -0.1) is 0 Å². The van der Waals surface area contributed by atoms with Gasteiger partial charge < -0.3 is 20.1 Å². The highest BCUT2D eigenvalue weighted by Crippen LogP contribution is 2.25. The van der Waals surface area contributed by atoms with Crippen LogP contribution in [0.3, 0.4) is 0 Å². The number of rotatable bonds is 11. The quantitative estimate of drug-likeness (QED) is 0.419. The number of aliphatic hydroxyl groups is 1. The lowest BCUT2D eigenvalue weighted by molar-refractivity contribution is -0.143. The zero-order valence-corrected chi connectivity index (χ0v) is 18.9. The molecule has 0 aliphatic carbocycles. The topological polar surface area (TPSA) is 78.9 Å². The first-order valence-electron chi connectivity index (χ1n) is 10.7. The van der Waals surface area contributed by atoms with Crippen LogP contribution in [0.25, 0.3) is 0 Å². The lowest BCUT2D eigenvalue weighted by atomic mass is 10.0. The predicted octanol–water partition coefficient (Wildman–Crippen LogP) is 3.99. The highest BCUT2D eigenvalue weighted by Gasteiger charge is 2.31. The number of hydrogen-bond acceptors (Lipinski definition) is 4. The van der Waals surface area contributed by atoms with Gasteiger partial charge in [0.2, 0.25) is 5.91 Å². The van der Waals surface area contributed by atoms with Crippen LogP contribution in [0.15, 0.2) is 84.9 Å². The molecule has 0 radical (unpaired) electrons. The minimum absolute atomic E-state index is 0.0331. The minimum atomic E-state index is -0.868. The van der Waals surface area contributed by atoms with E-state index < -0.39 is 6.04 Å². The first-order valence-corrected chi connectivity index (χ1v) is 11.1. The van der Waals surface area contributed by atoms with E-state index >= 15 is 0 Å². The van der Waals surface area contributed by atoms with Gasteiger partial charge in [-0.2, -0.15) is 0 Å². The van der Waals surface area contributed by atoms with E-state index in [4.69, 9.17) is 21.4 Å². The summed E-state index contributed by atoms with van der Waals surface area (Å²) in [5, 5.41) is 12.5. The van der Waals surface area contributed by atoms with Crippen molar-refractivity contribution in [2.24, 2.45) is 0 Å². The molecule has 7 heteroatoms. The van der Waals surface area contributed by atoms with E-state index in [1.165, 1.54) is 4.90 Å². The van der Waals surface area contributed by atoms with Crippen LogP contribution >= 0.6 is 11.6 Å². The number of ether oxygens (including phenoxy) is 1. The minimum Gasteiger partial charge on any atom is -0.484 e. The van der Waals surface area contributed by atoms with Gasteiger partial charge in [0.25, 0.3) is 5.91 Å². The van der Waals surface area contributed by atoms with E-state index in [0.717, 1.165) is 5.56 Å². The summed E-state index contributed by atoms with van der Waals surface area (Å²) < 4.78 is 5.69. The monoisotopic (exact) mass is 466 g/mol. The number of benzene rings is 3. The SMILES string of the molecule is O=C(NCCCO)[C@H](c1ccccc1)N(Cc1ccc(Cl)cc1)C(=O)COc1ccccc1. The molecule has 0 bridgehead atoms. The molecule has 0 aromatic heterocycles. The van der Waals surface area contributed by atoms with Gasteiger partial charge in [0.15, 0.2) is 6.61 Å². The van der Waals surface area contributed by atoms with E-state index in [1.54, 1.807) is 24.3 Å². The molecule has 1 atom stereocenters. The Kier molecular flexibility index (Phi) is 9.30. The highest BCUT2D eigenvalue weighted by molar-refractivity contribution is 6.30. The second-order valence-electron chi connectivity index (χ2n) is 7.43. The van der Waals surface area contributed by atoms with Crippen molar-refractivity contribution < 1.29 is 19.4 Å². The molecule has 0 spiro atoms. The third-order valence-electron chi connectivity index (χ3n) is 5.00. The second-order valence-corrected chi connectivity index (χ2v) is 7.87. The number of nitrogens with zero attached hydrogens (tertiary/aromatic N) is 1. The van der Waals surface area contributed by atoms with Crippen LogP contribution in [0.4, 0.5) is 0 Å². The first-order chi connectivity index (χ1) is 16.1. The summed E-state index contributed by atoms with van der Waals surface area (Å²) in [6.45, 7) is 0.253. The van der Waals surface area contributed by atoms with E-state index in [2.05, 4.69) is 5.32 Å². The maximum Gasteiger partial charge on any atom is 0.261 e. The zero-order valence-electron chi connectivity index (χ0n) is 18.2. The van der Waals surface area contributed by atoms with Crippen LogP contribution in [0.2, 0.25) is 5.02 Å². The van der Waals surface area contributed by atoms with Gasteiger partial charge in [0.1, 0.15) is 11.8 Å². The number of halogens is 1. The fourth-order valence-corrected chi connectivity index (χ4v) is 3.48. The fourth-order valence-electron chi connectivity index (χ4n) is 3.35. The summed E-state index contributed by atoms with van der Waals surface area (Å²) in [4.78, 5) is 28.1. The molecule has 3 rings (SSSR count). The van der Waals surface area contributed by atoms with Gasteiger partial charge in [-0.25, -0.2) is 0 Å². The Bertz CT molecular complexity index is 1010. The summed E-state index contributed by atoms with van der Waals surface area (Å²) in [7, 11) is 0. The Morgan fingerprint density at radius 2 is 1.58 bits per heavy atom. The molecule has 3 aromatic carbocycles. The molecule has 3 aromatic rings. The summed E-state index contributed by atoms with van der Waals surface area (Å²) in [5.41, 5.74) is 1.51. The van der Waals surface area contributed by atoms with Crippen LogP contribution < -0.4 is 10.1 Å². The molecule has 2 N–H and O–H groups in total. The molecule has 0 aliphatic heterocycles. The standard InChI is InChI=1S/C26H27ClN2O4/c27-22-14-12-20(13-15-22)18-29(24(31)19-33-23-10-5-2-6-11-23)25(21-8-3-1-4-9-21)26(32)28-16-7-17-30/h1-6,8-15,25,30H,7,16-19H2,(H,28,32)/t25-/m0/s1. The molecule has 0 aliphatic rings. The molecule has 2 amide bonds. The van der Waals surface area contributed by atoms with Crippen molar-refractivity contribution in [3.63, 3.8) is 0 Å². The van der Waals surface area contributed by atoms with Crippen molar-refractivity contribution in [3.8, 4) is 5.75 Å². The van der Waals surface area contributed by atoms with Gasteiger partial charge in [0.05, 0.1) is 0 Å². The molecule has 0 unspecified atom stereocenters. The molecule has 0 saturated carbocycles. The maximum absolute atomic E-state index is 13.4. The maximum atomic E-state index is 13.4. The number of carbonyl (C=O) groups excluding carboxylic acids is 2. The predicted molar refractivity (Wildman–Crippen MR) is 128 cm³/mol. The van der Waals surface area contributed by atoms with Gasteiger partial charge in [-0.05, 0) is 41.8 Å². The number of aliphatic hydroxyl groups excluding tert-OH is 1. The van der Waals surface area contributed by atoms with Gasteiger partial charge in [-0.1, -0.05) is 72.3 Å². The van der Waals surface area contributed by atoms with E-state index in [0.29, 0.717) is 29.3 Å². The Morgan fingerprint density at radius 3 is 2.21 bits per heavy atom. The third-order valence-corrected chi connectivity index (χ3v) is 5.25. The molecule has 0 heterocycles. The summed E-state index contributed by atoms with van der Waals surface area (Å²) in [6.07, 6.45) is 0.426. The van der Waals surface area contributed by atoms with Crippen molar-refractivity contribution in [2.45, 2.75) is 19.0 Å². The Hall–Kier alpha value is -3.35. The molecular weight excluding hydrogens is 440 g/mol. The summed E-state index contributed by atoms with van der Waals surface area (Å²) in [6, 6.07) is 24.5. The lowest BCUT2D eigenvalue weighted by Crippen LogP contribution is -2.45. The molecule has 6 nitrogen and oxygen atoms in total. The summed E-state index contributed by atoms with van der Waals surface area (Å²) >= 11 is 6.02. The van der Waals surface area contributed by atoms with Crippen LogP contribution in [0.1, 0.15) is 23.6 Å². The molecular formula is C26H27ClN2O4. The Balaban J connectivity index is 1.90. The van der Waals surface area contributed by atoms with E-state index in [1.807, 2.05) is 60.7 Å². The average molecular weight is 467 g/mol. The molecule has 33 heavy (non-hydrogen) atoms. The number of amides is 2. The lowest BCUT2D eigenvalue weighted by Gasteiger charge is -2.31. The number of para-hydroxylation sites is 1. The van der Waals surface area contributed by atoms with Crippen molar-refractivity contribution in [3.05, 3.63) is 101 Å². The smallest absolute Gasteiger partial charge is 0.261 e. The number of hydrogen-bond donors (Lipinski definition) is 2.